The largest absolute Gasteiger partial charge is 0.396 e. The highest BCUT2D eigenvalue weighted by molar-refractivity contribution is 5.43. The summed E-state index contributed by atoms with van der Waals surface area (Å²) in [7, 11) is 0. The molecule has 1 atom stereocenters. The Morgan fingerprint density at radius 2 is 2.26 bits per heavy atom. The third kappa shape index (κ3) is 4.24. The van der Waals surface area contributed by atoms with Gasteiger partial charge in [0.25, 0.3) is 5.69 Å². The minimum Gasteiger partial charge on any atom is -0.396 e. The van der Waals surface area contributed by atoms with Gasteiger partial charge in [-0.3, -0.25) is 10.1 Å². The molecule has 1 N–H and O–H groups in total. The molecule has 0 fully saturated rings. The molecule has 0 saturated heterocycles. The molecule has 1 rings (SSSR count). The number of hydrogen-bond donors (Lipinski definition) is 1. The molecular formula is C12H16N4O3. The summed E-state index contributed by atoms with van der Waals surface area (Å²) in [6.45, 7) is 1.74. The Balaban J connectivity index is 2.98. The maximum atomic E-state index is 10.9. The van der Waals surface area contributed by atoms with E-state index in [0.29, 0.717) is 30.4 Å². The van der Waals surface area contributed by atoms with Gasteiger partial charge in [0.05, 0.1) is 11.0 Å². The van der Waals surface area contributed by atoms with Crippen LogP contribution >= 0.6 is 0 Å². The van der Waals surface area contributed by atoms with Crippen molar-refractivity contribution in [3.63, 3.8) is 0 Å². The first-order valence-corrected chi connectivity index (χ1v) is 6.00. The van der Waals surface area contributed by atoms with Gasteiger partial charge in [-0.25, -0.2) is 0 Å². The summed E-state index contributed by atoms with van der Waals surface area (Å²) >= 11 is 0. The number of hydrogen-bond acceptors (Lipinski definition) is 4. The van der Waals surface area contributed by atoms with Crippen molar-refractivity contribution >= 4 is 5.69 Å². The molecule has 7 heteroatoms. The van der Waals surface area contributed by atoms with Crippen LogP contribution in [0.5, 0.6) is 0 Å². The van der Waals surface area contributed by atoms with E-state index < -0.39 is 11.0 Å². The summed E-state index contributed by atoms with van der Waals surface area (Å²) < 4.78 is 0. The summed E-state index contributed by atoms with van der Waals surface area (Å²) in [6.07, 6.45) is 1.87. The Labute approximate surface area is 110 Å². The fourth-order valence-corrected chi connectivity index (χ4v) is 1.83. The number of unbranched alkanes of at least 4 members (excludes halogenated alkanes) is 1. The molecule has 7 nitrogen and oxygen atoms in total. The minimum atomic E-state index is -0.445. The van der Waals surface area contributed by atoms with E-state index in [2.05, 4.69) is 10.0 Å². The number of aliphatic hydroxyl groups is 1. The van der Waals surface area contributed by atoms with Crippen LogP contribution in [0.2, 0.25) is 0 Å². The first-order valence-electron chi connectivity index (χ1n) is 6.00. The van der Waals surface area contributed by atoms with Crippen LogP contribution in [0.4, 0.5) is 5.69 Å². The number of benzene rings is 1. The van der Waals surface area contributed by atoms with E-state index in [-0.39, 0.29) is 12.3 Å². The zero-order valence-electron chi connectivity index (χ0n) is 10.7. The fourth-order valence-electron chi connectivity index (χ4n) is 1.83. The van der Waals surface area contributed by atoms with Crippen LogP contribution in [0.25, 0.3) is 10.4 Å². The van der Waals surface area contributed by atoms with Gasteiger partial charge in [-0.15, -0.1) is 0 Å². The van der Waals surface area contributed by atoms with Crippen molar-refractivity contribution in [2.24, 2.45) is 5.11 Å². The number of nitro groups is 1. The van der Waals surface area contributed by atoms with Crippen LogP contribution in [0.3, 0.4) is 0 Å². The molecule has 0 saturated carbocycles. The summed E-state index contributed by atoms with van der Waals surface area (Å²) in [5.74, 6) is 0. The maximum Gasteiger partial charge on any atom is 0.272 e. The predicted octanol–water partition coefficient (Wildman–Crippen LogP) is 3.42. The molecule has 102 valence electrons. The second kappa shape index (κ2) is 7.35. The topological polar surface area (TPSA) is 112 Å². The van der Waals surface area contributed by atoms with Gasteiger partial charge in [-0.1, -0.05) is 23.7 Å². The first-order chi connectivity index (χ1) is 9.10. The molecule has 0 heterocycles. The Morgan fingerprint density at radius 1 is 1.53 bits per heavy atom. The van der Waals surface area contributed by atoms with Gasteiger partial charge in [-0.2, -0.15) is 0 Å². The lowest BCUT2D eigenvalue weighted by Crippen LogP contribution is -1.99. The van der Waals surface area contributed by atoms with Crippen molar-refractivity contribution < 1.29 is 10.0 Å². The number of aliphatic hydroxyl groups excluding tert-OH is 1. The number of azide groups is 1. The molecule has 0 aliphatic heterocycles. The zero-order valence-corrected chi connectivity index (χ0v) is 10.7. The molecule has 0 aliphatic carbocycles. The third-order valence-electron chi connectivity index (χ3n) is 2.89. The average molecular weight is 264 g/mol. The van der Waals surface area contributed by atoms with Gasteiger partial charge in [-0.05, 0) is 30.9 Å². The lowest BCUT2D eigenvalue weighted by molar-refractivity contribution is -0.385. The second-order valence-corrected chi connectivity index (χ2v) is 4.24. The van der Waals surface area contributed by atoms with E-state index in [4.69, 9.17) is 10.6 Å². The van der Waals surface area contributed by atoms with Crippen molar-refractivity contribution in [2.45, 2.75) is 32.2 Å². The zero-order chi connectivity index (χ0) is 14.3. The SMILES string of the molecule is Cc1ccc(C(CCCCO)N=[N+]=[N-])cc1[N+](=O)[O-]. The van der Waals surface area contributed by atoms with Gasteiger partial charge in [0.2, 0.25) is 0 Å². The number of rotatable bonds is 7. The highest BCUT2D eigenvalue weighted by atomic mass is 16.6. The normalized spacial score (nSPS) is 11.7. The lowest BCUT2D eigenvalue weighted by atomic mass is 10.00. The van der Waals surface area contributed by atoms with Crippen LogP contribution in [-0.2, 0) is 0 Å². The van der Waals surface area contributed by atoms with Crippen molar-refractivity contribution in [3.8, 4) is 0 Å². The minimum absolute atomic E-state index is 0.0257. The van der Waals surface area contributed by atoms with Crippen molar-refractivity contribution in [1.29, 1.82) is 0 Å². The van der Waals surface area contributed by atoms with Crippen molar-refractivity contribution in [2.75, 3.05) is 6.61 Å². The first kappa shape index (κ1) is 14.9. The molecule has 0 spiro atoms. The summed E-state index contributed by atoms with van der Waals surface area (Å²) in [5, 5.41) is 23.3. The molecule has 19 heavy (non-hydrogen) atoms. The molecule has 0 aromatic heterocycles. The van der Waals surface area contributed by atoms with Gasteiger partial charge in [0, 0.05) is 23.1 Å². The van der Waals surface area contributed by atoms with E-state index >= 15 is 0 Å². The highest BCUT2D eigenvalue weighted by Crippen LogP contribution is 2.28. The Kier molecular flexibility index (Phi) is 5.78. The second-order valence-electron chi connectivity index (χ2n) is 4.24. The number of aryl methyl sites for hydroxylation is 1. The molecule has 0 amide bonds. The predicted molar refractivity (Wildman–Crippen MR) is 70.7 cm³/mol. The van der Waals surface area contributed by atoms with Crippen LogP contribution in [0, 0.1) is 17.0 Å². The summed E-state index contributed by atoms with van der Waals surface area (Å²) in [5.41, 5.74) is 9.79. The smallest absolute Gasteiger partial charge is 0.272 e. The fraction of sp³-hybridized carbons (Fsp3) is 0.500. The molecule has 0 radical (unpaired) electrons. The van der Waals surface area contributed by atoms with Gasteiger partial charge >= 0.3 is 0 Å². The third-order valence-corrected chi connectivity index (χ3v) is 2.89. The van der Waals surface area contributed by atoms with E-state index in [1.165, 1.54) is 6.07 Å². The number of nitro benzene ring substituents is 1. The average Bonchev–Trinajstić information content (AvgIpc) is 2.38. The molecule has 0 bridgehead atoms. The Morgan fingerprint density at radius 3 is 2.84 bits per heavy atom. The van der Waals surface area contributed by atoms with E-state index in [1.807, 2.05) is 0 Å². The van der Waals surface area contributed by atoms with E-state index in [9.17, 15) is 10.1 Å². The monoisotopic (exact) mass is 264 g/mol. The van der Waals surface area contributed by atoms with Gasteiger partial charge < -0.3 is 5.11 Å². The van der Waals surface area contributed by atoms with E-state index in [0.717, 1.165) is 0 Å². The molecule has 1 aromatic rings. The summed E-state index contributed by atoms with van der Waals surface area (Å²) in [6, 6.07) is 4.41. The lowest BCUT2D eigenvalue weighted by Gasteiger charge is -2.11. The van der Waals surface area contributed by atoms with E-state index in [1.54, 1.807) is 19.1 Å². The highest BCUT2D eigenvalue weighted by Gasteiger charge is 2.16. The Hall–Kier alpha value is -2.11. The standard InChI is InChI=1S/C12H16N4O3/c1-9-5-6-10(8-12(9)16(18)19)11(14-15-13)4-2-3-7-17/h5-6,8,11,17H,2-4,7H2,1H3. The molecular weight excluding hydrogens is 248 g/mol. The van der Waals surface area contributed by atoms with Gasteiger partial charge in [0.15, 0.2) is 0 Å². The van der Waals surface area contributed by atoms with Crippen LogP contribution < -0.4 is 0 Å². The van der Waals surface area contributed by atoms with Crippen molar-refractivity contribution in [1.82, 2.24) is 0 Å². The van der Waals surface area contributed by atoms with Crippen molar-refractivity contribution in [3.05, 3.63) is 49.9 Å². The van der Waals surface area contributed by atoms with Crippen LogP contribution in [0.1, 0.15) is 36.4 Å². The molecule has 1 aromatic carbocycles. The Bertz CT molecular complexity index is 498. The maximum absolute atomic E-state index is 10.9. The van der Waals surface area contributed by atoms with Gasteiger partial charge in [0.1, 0.15) is 0 Å². The van der Waals surface area contributed by atoms with Crippen LogP contribution in [-0.4, -0.2) is 16.6 Å². The summed E-state index contributed by atoms with van der Waals surface area (Å²) in [4.78, 5) is 13.2. The number of nitrogens with zero attached hydrogens (tertiary/aromatic N) is 4. The molecule has 0 aliphatic rings. The quantitative estimate of drug-likeness (QED) is 0.203. The molecule has 1 unspecified atom stereocenters. The van der Waals surface area contributed by atoms with Crippen LogP contribution in [0.15, 0.2) is 23.3 Å².